The Kier molecular flexibility index (Phi) is 3.88. The molecule has 1 N–H and O–H groups in total. The number of piperazine rings is 1. The smallest absolute Gasteiger partial charge is 0.0277 e. The first-order valence-corrected chi connectivity index (χ1v) is 6.75. The van der Waals surface area contributed by atoms with Gasteiger partial charge in [0.25, 0.3) is 0 Å². The van der Waals surface area contributed by atoms with Crippen LogP contribution in [0.3, 0.4) is 0 Å². The van der Waals surface area contributed by atoms with E-state index in [0.29, 0.717) is 5.54 Å². The van der Waals surface area contributed by atoms with Crippen molar-refractivity contribution < 1.29 is 0 Å². The summed E-state index contributed by atoms with van der Waals surface area (Å²) in [7, 11) is 2.26. The van der Waals surface area contributed by atoms with Gasteiger partial charge in [0, 0.05) is 31.2 Å². The highest BCUT2D eigenvalue weighted by atomic mass is 15.3. The first kappa shape index (κ1) is 12.3. The molecule has 0 bridgehead atoms. The van der Waals surface area contributed by atoms with Gasteiger partial charge < -0.3 is 5.32 Å². The Bertz CT molecular complexity index is 219. The summed E-state index contributed by atoms with van der Waals surface area (Å²) in [5.74, 6) is 0. The van der Waals surface area contributed by atoms with Crippen LogP contribution in [-0.4, -0.2) is 61.2 Å². The molecule has 3 nitrogen and oxygen atoms in total. The van der Waals surface area contributed by atoms with Crippen molar-refractivity contribution in [3.63, 3.8) is 0 Å². The molecule has 16 heavy (non-hydrogen) atoms. The number of nitrogens with zero attached hydrogens (tertiary/aromatic N) is 2. The zero-order valence-electron chi connectivity index (χ0n) is 11.1. The van der Waals surface area contributed by atoms with Crippen LogP contribution >= 0.6 is 0 Å². The summed E-state index contributed by atoms with van der Waals surface area (Å²) < 4.78 is 0. The lowest BCUT2D eigenvalue weighted by molar-refractivity contribution is 0.0139. The average Bonchev–Trinajstić information content (AvgIpc) is 2.50. The summed E-state index contributed by atoms with van der Waals surface area (Å²) in [5.41, 5.74) is 0.345. The predicted octanol–water partition coefficient (Wildman–Crippen LogP) is 1.15. The second-order valence-electron chi connectivity index (χ2n) is 6.04. The Hall–Kier alpha value is -0.120. The molecule has 0 radical (unpaired) electrons. The molecule has 94 valence electrons. The molecule has 2 aliphatic heterocycles. The van der Waals surface area contributed by atoms with Crippen molar-refractivity contribution in [2.45, 2.75) is 44.7 Å². The Labute approximate surface area is 100 Å². The van der Waals surface area contributed by atoms with Crippen molar-refractivity contribution in [2.75, 3.05) is 39.8 Å². The van der Waals surface area contributed by atoms with E-state index in [4.69, 9.17) is 0 Å². The first-order chi connectivity index (χ1) is 7.59. The molecule has 0 aliphatic carbocycles. The van der Waals surface area contributed by atoms with Crippen molar-refractivity contribution in [2.24, 2.45) is 0 Å². The van der Waals surface area contributed by atoms with Gasteiger partial charge in [0.05, 0.1) is 0 Å². The van der Waals surface area contributed by atoms with Crippen molar-refractivity contribution >= 4 is 0 Å². The highest BCUT2D eigenvalue weighted by Crippen LogP contribution is 2.23. The minimum Gasteiger partial charge on any atom is -0.317 e. The lowest BCUT2D eigenvalue weighted by atomic mass is 9.96. The highest BCUT2D eigenvalue weighted by Gasteiger charge is 2.33. The lowest BCUT2D eigenvalue weighted by Gasteiger charge is -2.48. The second kappa shape index (κ2) is 5.03. The van der Waals surface area contributed by atoms with Gasteiger partial charge in [0.2, 0.25) is 0 Å². The number of rotatable bonds is 1. The van der Waals surface area contributed by atoms with E-state index in [2.05, 4.69) is 36.0 Å². The number of likely N-dealkylation sites (N-methyl/N-ethyl adjacent to an activating group) is 1. The topological polar surface area (TPSA) is 18.5 Å². The maximum atomic E-state index is 3.51. The third-order valence-electron chi connectivity index (χ3n) is 4.41. The fraction of sp³-hybridized carbons (Fsp3) is 1.00. The van der Waals surface area contributed by atoms with Crippen molar-refractivity contribution in [3.05, 3.63) is 0 Å². The highest BCUT2D eigenvalue weighted by molar-refractivity contribution is 4.91. The second-order valence-corrected chi connectivity index (χ2v) is 6.04. The van der Waals surface area contributed by atoms with E-state index in [1.807, 2.05) is 0 Å². The third kappa shape index (κ3) is 2.76. The third-order valence-corrected chi connectivity index (χ3v) is 4.41. The van der Waals surface area contributed by atoms with Gasteiger partial charge in [-0.3, -0.25) is 9.80 Å². The molecular weight excluding hydrogens is 198 g/mol. The molecule has 0 amide bonds. The Balaban J connectivity index is 1.94. The number of hydrogen-bond donors (Lipinski definition) is 1. The molecule has 3 heteroatoms. The Morgan fingerprint density at radius 1 is 1.12 bits per heavy atom. The van der Waals surface area contributed by atoms with E-state index >= 15 is 0 Å². The van der Waals surface area contributed by atoms with E-state index in [9.17, 15) is 0 Å². The molecule has 2 rings (SSSR count). The fourth-order valence-corrected chi connectivity index (χ4v) is 2.96. The minimum absolute atomic E-state index is 0.345. The molecule has 1 atom stereocenters. The fourth-order valence-electron chi connectivity index (χ4n) is 2.96. The summed E-state index contributed by atoms with van der Waals surface area (Å²) >= 11 is 0. The molecule has 0 aromatic carbocycles. The SMILES string of the molecule is CN1CCN(C2CCCNCC2)CC1(C)C. The van der Waals surface area contributed by atoms with Crippen LogP contribution in [-0.2, 0) is 0 Å². The normalized spacial score (nSPS) is 33.6. The lowest BCUT2D eigenvalue weighted by Crippen LogP contribution is -2.59. The maximum absolute atomic E-state index is 3.51. The van der Waals surface area contributed by atoms with Crippen molar-refractivity contribution in [3.8, 4) is 0 Å². The van der Waals surface area contributed by atoms with Gasteiger partial charge in [-0.1, -0.05) is 0 Å². The zero-order valence-corrected chi connectivity index (χ0v) is 11.1. The van der Waals surface area contributed by atoms with E-state index < -0.39 is 0 Å². The number of hydrogen-bond acceptors (Lipinski definition) is 3. The van der Waals surface area contributed by atoms with E-state index in [1.165, 1.54) is 52.0 Å². The van der Waals surface area contributed by atoms with Crippen molar-refractivity contribution in [1.82, 2.24) is 15.1 Å². The summed E-state index contributed by atoms with van der Waals surface area (Å²) in [4.78, 5) is 5.23. The summed E-state index contributed by atoms with van der Waals surface area (Å²) in [6, 6.07) is 0.822. The summed E-state index contributed by atoms with van der Waals surface area (Å²) in [6.45, 7) is 10.9. The summed E-state index contributed by atoms with van der Waals surface area (Å²) in [6.07, 6.45) is 4.06. The molecule has 0 spiro atoms. The van der Waals surface area contributed by atoms with Crippen LogP contribution in [0.1, 0.15) is 33.1 Å². The van der Waals surface area contributed by atoms with Crippen LogP contribution in [0.5, 0.6) is 0 Å². The maximum Gasteiger partial charge on any atom is 0.0277 e. The van der Waals surface area contributed by atoms with Crippen LogP contribution in [0.4, 0.5) is 0 Å². The summed E-state index contributed by atoms with van der Waals surface area (Å²) in [5, 5.41) is 3.51. The first-order valence-electron chi connectivity index (χ1n) is 6.75. The van der Waals surface area contributed by atoms with E-state index in [-0.39, 0.29) is 0 Å². The Morgan fingerprint density at radius 3 is 2.69 bits per heavy atom. The average molecular weight is 225 g/mol. The molecule has 2 heterocycles. The van der Waals surface area contributed by atoms with Crippen LogP contribution < -0.4 is 5.32 Å². The van der Waals surface area contributed by atoms with Crippen LogP contribution in [0, 0.1) is 0 Å². The standard InChI is InChI=1S/C13H27N3/c1-13(2)11-16(10-9-15(13)3)12-5-4-7-14-8-6-12/h12,14H,4-11H2,1-3H3. The van der Waals surface area contributed by atoms with Gasteiger partial charge in [-0.25, -0.2) is 0 Å². The van der Waals surface area contributed by atoms with Gasteiger partial charge >= 0.3 is 0 Å². The molecule has 1 unspecified atom stereocenters. The largest absolute Gasteiger partial charge is 0.317 e. The number of nitrogens with one attached hydrogen (secondary N) is 1. The van der Waals surface area contributed by atoms with E-state index in [0.717, 1.165) is 6.04 Å². The molecule has 0 aromatic heterocycles. The predicted molar refractivity (Wildman–Crippen MR) is 68.8 cm³/mol. The molecule has 2 aliphatic rings. The zero-order chi connectivity index (χ0) is 11.6. The van der Waals surface area contributed by atoms with Gasteiger partial charge in [-0.15, -0.1) is 0 Å². The van der Waals surface area contributed by atoms with E-state index in [1.54, 1.807) is 0 Å². The van der Waals surface area contributed by atoms with Crippen LogP contribution in [0.25, 0.3) is 0 Å². The van der Waals surface area contributed by atoms with Crippen LogP contribution in [0.15, 0.2) is 0 Å². The van der Waals surface area contributed by atoms with Gasteiger partial charge in [-0.05, 0) is 53.2 Å². The van der Waals surface area contributed by atoms with Crippen LogP contribution in [0.2, 0.25) is 0 Å². The van der Waals surface area contributed by atoms with Crippen molar-refractivity contribution in [1.29, 1.82) is 0 Å². The molecular formula is C13H27N3. The quantitative estimate of drug-likeness (QED) is 0.722. The molecule has 0 saturated carbocycles. The minimum atomic E-state index is 0.345. The van der Waals surface area contributed by atoms with Gasteiger partial charge in [0.15, 0.2) is 0 Å². The Morgan fingerprint density at radius 2 is 1.94 bits per heavy atom. The molecule has 0 aromatic rings. The monoisotopic (exact) mass is 225 g/mol. The molecule has 2 saturated heterocycles. The van der Waals surface area contributed by atoms with Gasteiger partial charge in [-0.2, -0.15) is 0 Å². The van der Waals surface area contributed by atoms with Gasteiger partial charge in [0.1, 0.15) is 0 Å². The molecule has 2 fully saturated rings.